The number of nitrogens with one attached hydrogen (secondary N) is 2. The summed E-state index contributed by atoms with van der Waals surface area (Å²) >= 11 is 0. The maximum absolute atomic E-state index is 14.1. The number of carbonyl (C=O) groups excluding carboxylic acids is 4. The summed E-state index contributed by atoms with van der Waals surface area (Å²) in [5.74, 6) is 4.52. The van der Waals surface area contributed by atoms with Gasteiger partial charge in [0, 0.05) is 39.1 Å². The second-order valence-electron chi connectivity index (χ2n) is 25.0. The zero-order valence-electron chi connectivity index (χ0n) is 45.2. The lowest BCUT2D eigenvalue weighted by atomic mass is 9.47. The normalized spacial score (nSPS) is 27.2. The molecule has 12 nitrogen and oxygen atoms in total. The van der Waals surface area contributed by atoms with Crippen LogP contribution in [0.4, 0.5) is 14.4 Å². The first kappa shape index (κ1) is 56.6. The van der Waals surface area contributed by atoms with Gasteiger partial charge in [0.05, 0.1) is 0 Å². The van der Waals surface area contributed by atoms with Gasteiger partial charge in [0.2, 0.25) is 0 Å². The third-order valence-corrected chi connectivity index (χ3v) is 15.8. The van der Waals surface area contributed by atoms with Crippen molar-refractivity contribution in [1.82, 2.24) is 20.4 Å². The molecule has 4 aliphatic carbocycles. The molecule has 0 radical (unpaired) electrons. The van der Waals surface area contributed by atoms with Crippen LogP contribution in [0.5, 0.6) is 0 Å². The molecule has 1 unspecified atom stereocenters. The van der Waals surface area contributed by atoms with Crippen LogP contribution in [0, 0.1) is 46.3 Å². The van der Waals surface area contributed by atoms with E-state index in [0.717, 1.165) is 55.3 Å². The lowest BCUT2D eigenvalue weighted by molar-refractivity contribution is -0.157. The van der Waals surface area contributed by atoms with Gasteiger partial charge in [0.25, 0.3) is 0 Å². The summed E-state index contributed by atoms with van der Waals surface area (Å²) in [5.41, 5.74) is 0.312. The highest BCUT2D eigenvalue weighted by molar-refractivity contribution is 5.75. The molecule has 3 amide bonds. The van der Waals surface area contributed by atoms with Crippen molar-refractivity contribution in [2.75, 3.05) is 39.3 Å². The van der Waals surface area contributed by atoms with Crippen molar-refractivity contribution in [3.63, 3.8) is 0 Å². The number of unbranched alkanes of at least 4 members (excludes halogenated alkanes) is 1. The highest BCUT2D eigenvalue weighted by atomic mass is 16.6. The first-order valence-corrected chi connectivity index (χ1v) is 26.7. The minimum atomic E-state index is -0.653. The molecule has 67 heavy (non-hydrogen) atoms. The molecule has 0 spiro atoms. The Morgan fingerprint density at radius 2 is 1.25 bits per heavy atom. The van der Waals surface area contributed by atoms with Gasteiger partial charge in [-0.05, 0) is 193 Å². The number of fused-ring (bicyclic) bond motifs is 5. The number of rotatable bonds is 21. The molecule has 0 aromatic carbocycles. The monoisotopic (exact) mass is 943 g/mol. The Kier molecular flexibility index (Phi) is 20.4. The Balaban J connectivity index is 1.36. The molecule has 0 aromatic heterocycles. The highest BCUT2D eigenvalue weighted by Crippen LogP contribution is 2.67. The van der Waals surface area contributed by atoms with Crippen LogP contribution in [0.25, 0.3) is 0 Å². The van der Waals surface area contributed by atoms with Gasteiger partial charge < -0.3 is 34.5 Å². The smallest absolute Gasteiger partial charge is 0.410 e. The molecule has 12 heteroatoms. The summed E-state index contributed by atoms with van der Waals surface area (Å²) in [6, 6.07) is -0.487. The standard InChI is InChI=1S/C55H98N4O8/c1-38(2)21-18-22-39(3)44-25-26-45-43-24-23-41-37-42(27-29-54(41,14)46(43)28-30-55(44,45)15)64-47(60)40(4)58(35-19-31-56-48(61)65-51(5,6)7)33-16-17-34-59(50(63)67-53(11,12)13)36-20-32-57-49(62)66-52(8,9)10/h23,38-40,42-46H,16-22,24-37H2,1-15H3,(H,56,61)(H,57,62)/t39-,40?,42+,43+,44-,45+,46+,54+,55-/m1/s1. The van der Waals surface area contributed by atoms with Crippen LogP contribution in [-0.2, 0) is 23.7 Å². The van der Waals surface area contributed by atoms with Crippen LogP contribution in [0.3, 0.4) is 0 Å². The van der Waals surface area contributed by atoms with Crippen LogP contribution >= 0.6 is 0 Å². The van der Waals surface area contributed by atoms with Gasteiger partial charge in [-0.3, -0.25) is 9.69 Å². The van der Waals surface area contributed by atoms with Gasteiger partial charge in [0.15, 0.2) is 0 Å². The van der Waals surface area contributed by atoms with Gasteiger partial charge in [-0.2, -0.15) is 0 Å². The van der Waals surface area contributed by atoms with Gasteiger partial charge in [0.1, 0.15) is 28.9 Å². The molecule has 0 aliphatic heterocycles. The van der Waals surface area contributed by atoms with Crippen LogP contribution in [0.15, 0.2) is 11.6 Å². The molecule has 3 saturated carbocycles. The topological polar surface area (TPSA) is 136 Å². The predicted octanol–water partition coefficient (Wildman–Crippen LogP) is 12.5. The first-order valence-electron chi connectivity index (χ1n) is 26.7. The summed E-state index contributed by atoms with van der Waals surface area (Å²) in [6.45, 7) is 33.8. The molecule has 9 atom stereocenters. The summed E-state index contributed by atoms with van der Waals surface area (Å²) in [7, 11) is 0. The molecule has 4 aliphatic rings. The van der Waals surface area contributed by atoms with Gasteiger partial charge in [-0.15, -0.1) is 0 Å². The van der Waals surface area contributed by atoms with Crippen LogP contribution in [-0.4, -0.2) is 102 Å². The van der Waals surface area contributed by atoms with E-state index in [2.05, 4.69) is 56.2 Å². The fourth-order valence-electron chi connectivity index (χ4n) is 12.5. The summed E-state index contributed by atoms with van der Waals surface area (Å²) < 4.78 is 23.0. The zero-order chi connectivity index (χ0) is 50.0. The molecule has 4 rings (SSSR count). The number of nitrogens with zero attached hydrogens (tertiary/aromatic N) is 2. The quantitative estimate of drug-likeness (QED) is 0.0499. The average Bonchev–Trinajstić information content (AvgIpc) is 3.56. The molecular weight excluding hydrogens is 845 g/mol. The van der Waals surface area contributed by atoms with E-state index in [4.69, 9.17) is 18.9 Å². The van der Waals surface area contributed by atoms with Crippen LogP contribution in [0.1, 0.15) is 200 Å². The largest absolute Gasteiger partial charge is 0.461 e. The molecule has 0 aromatic rings. The molecular formula is C55H98N4O8. The fraction of sp³-hybridized carbons (Fsp3) is 0.891. The van der Waals surface area contributed by atoms with E-state index in [0.29, 0.717) is 69.9 Å². The first-order chi connectivity index (χ1) is 31.1. The van der Waals surface area contributed by atoms with Gasteiger partial charge in [-0.25, -0.2) is 14.4 Å². The SMILES string of the molecule is CC(C)CCC[C@@H](C)[C@H]1CC[C@H]2[C@@H]3CC=C4C[C@@H](OC(=O)C(C)N(CCCCN(CCCNC(=O)OC(C)(C)C)C(=O)OC(C)(C)C)CCCNC(=O)OC(C)(C)C)CC[C@]4(C)[C@H]3CC[C@]12C. The molecule has 0 heterocycles. The number of amides is 3. The summed E-state index contributed by atoms with van der Waals surface area (Å²) in [4.78, 5) is 55.9. The third kappa shape index (κ3) is 17.1. The number of hydrogen-bond acceptors (Lipinski definition) is 9. The Bertz CT molecular complexity index is 1640. The molecule has 386 valence electrons. The lowest BCUT2D eigenvalue weighted by Gasteiger charge is -2.58. The minimum absolute atomic E-state index is 0.134. The number of allylic oxidation sites excluding steroid dienone is 1. The van der Waals surface area contributed by atoms with Crippen molar-refractivity contribution in [1.29, 1.82) is 0 Å². The summed E-state index contributed by atoms with van der Waals surface area (Å²) in [5, 5.41) is 5.64. The zero-order valence-corrected chi connectivity index (χ0v) is 45.2. The fourth-order valence-corrected chi connectivity index (χ4v) is 12.5. The lowest BCUT2D eigenvalue weighted by Crippen LogP contribution is -2.51. The number of esters is 1. The van der Waals surface area contributed by atoms with Crippen molar-refractivity contribution in [2.24, 2.45) is 46.3 Å². The molecule has 0 bridgehead atoms. The Morgan fingerprint density at radius 3 is 1.85 bits per heavy atom. The van der Waals surface area contributed by atoms with Crippen molar-refractivity contribution >= 4 is 24.2 Å². The van der Waals surface area contributed by atoms with E-state index in [1.54, 1.807) is 4.90 Å². The maximum atomic E-state index is 14.1. The van der Waals surface area contributed by atoms with Crippen molar-refractivity contribution in [3.05, 3.63) is 11.6 Å². The van der Waals surface area contributed by atoms with E-state index < -0.39 is 41.1 Å². The van der Waals surface area contributed by atoms with Crippen LogP contribution in [0.2, 0.25) is 0 Å². The average molecular weight is 943 g/mol. The van der Waals surface area contributed by atoms with E-state index in [9.17, 15) is 19.2 Å². The second kappa shape index (κ2) is 24.2. The number of ether oxygens (including phenoxy) is 4. The number of carbonyl (C=O) groups is 4. The van der Waals surface area contributed by atoms with E-state index in [1.165, 1.54) is 56.9 Å². The predicted molar refractivity (Wildman–Crippen MR) is 269 cm³/mol. The summed E-state index contributed by atoms with van der Waals surface area (Å²) in [6.07, 6.45) is 17.2. The Morgan fingerprint density at radius 1 is 0.687 bits per heavy atom. The Hall–Kier alpha value is -3.02. The number of alkyl carbamates (subject to hydrolysis) is 2. The van der Waals surface area contributed by atoms with Crippen LogP contribution < -0.4 is 10.6 Å². The van der Waals surface area contributed by atoms with E-state index in [1.807, 2.05) is 69.2 Å². The van der Waals surface area contributed by atoms with E-state index in [-0.39, 0.29) is 17.5 Å². The minimum Gasteiger partial charge on any atom is -0.461 e. The maximum Gasteiger partial charge on any atom is 0.410 e. The van der Waals surface area contributed by atoms with Gasteiger partial charge >= 0.3 is 24.2 Å². The molecule has 2 N–H and O–H groups in total. The van der Waals surface area contributed by atoms with Crippen molar-refractivity contribution in [2.45, 2.75) is 229 Å². The van der Waals surface area contributed by atoms with Crippen molar-refractivity contribution in [3.8, 4) is 0 Å². The third-order valence-electron chi connectivity index (χ3n) is 15.8. The highest BCUT2D eigenvalue weighted by Gasteiger charge is 2.59. The molecule has 0 saturated heterocycles. The Labute approximate surface area is 407 Å². The van der Waals surface area contributed by atoms with Gasteiger partial charge in [-0.1, -0.05) is 65.5 Å². The molecule has 3 fully saturated rings. The van der Waals surface area contributed by atoms with E-state index >= 15 is 0 Å². The number of hydrogen-bond donors (Lipinski definition) is 2. The van der Waals surface area contributed by atoms with Crippen molar-refractivity contribution < 1.29 is 38.1 Å². The second-order valence-corrected chi connectivity index (χ2v) is 25.0.